The Labute approximate surface area is 964 Å². The summed E-state index contributed by atoms with van der Waals surface area (Å²) in [7, 11) is 0. The fourth-order valence-corrected chi connectivity index (χ4v) is 23.8. The third-order valence-electron chi connectivity index (χ3n) is 29.4. The van der Waals surface area contributed by atoms with E-state index in [2.05, 4.69) is 107 Å². The number of fused-ring (bicyclic) bond motifs is 9. The van der Waals surface area contributed by atoms with Gasteiger partial charge in [0.25, 0.3) is 0 Å². The van der Waals surface area contributed by atoms with E-state index in [1.165, 1.54) is 161 Å². The minimum Gasteiger partial charge on any atom is -0.486 e. The first-order valence-corrected chi connectivity index (χ1v) is 51.3. The number of hydrogen-bond donors (Lipinski definition) is 0. The number of aromatic nitrogens is 9. The van der Waals surface area contributed by atoms with Crippen LogP contribution in [-0.4, -0.2) is 44.9 Å². The van der Waals surface area contributed by atoms with Crippen LogP contribution in [0, 0.1) is 161 Å². The van der Waals surface area contributed by atoms with E-state index in [-0.39, 0.29) is 121 Å². The third-order valence-corrected chi connectivity index (χ3v) is 29.4. The minimum atomic E-state index is -2.51. The zero-order valence-corrected chi connectivity index (χ0v) is 93.7. The summed E-state index contributed by atoms with van der Waals surface area (Å²) in [6.45, 7) is 9.04. The molecule has 0 N–H and O–H groups in total. The van der Waals surface area contributed by atoms with Crippen molar-refractivity contribution in [1.82, 2.24) is 44.9 Å². The van der Waals surface area contributed by atoms with Gasteiger partial charge in [-0.05, 0) is 342 Å². The fraction of sp³-hybridized carbons (Fsp3) is 0.396. The minimum absolute atomic E-state index is 0. The molecule has 9 saturated carbocycles. The molecule has 0 saturated heterocycles. The van der Waals surface area contributed by atoms with Crippen molar-refractivity contribution in [2.24, 2.45) is 62.6 Å². The molecule has 0 aliphatic heterocycles. The van der Waals surface area contributed by atoms with Crippen LogP contribution in [0.4, 0.5) is 0 Å². The topological polar surface area (TPSA) is 155 Å². The van der Waals surface area contributed by atoms with Crippen LogP contribution in [0.1, 0.15) is 301 Å². The largest absolute Gasteiger partial charge is 0.486 e. The molecule has 9 aliphatic carbocycles. The van der Waals surface area contributed by atoms with Crippen molar-refractivity contribution in [3.05, 3.63) is 339 Å². The molecule has 12 aromatic heterocycles. The van der Waals surface area contributed by atoms with Crippen molar-refractivity contribution >= 4 is 66.2 Å². The number of benzene rings is 6. The predicted octanol–water partition coefficient (Wildman–Crippen LogP) is 34.4. The van der Waals surface area contributed by atoms with Crippen molar-refractivity contribution in [1.29, 1.82) is 0 Å². The molecule has 0 unspecified atom stereocenters. The van der Waals surface area contributed by atoms with Gasteiger partial charge in [0.2, 0.25) is 17.1 Å². The average molecular weight is 2530 g/mol. The molecule has 6 aromatic carbocycles. The number of aryl methyl sites for hydroxylation is 9. The van der Waals surface area contributed by atoms with Crippen molar-refractivity contribution in [3.8, 4) is 67.5 Å². The molecule has 0 spiro atoms. The predicted molar refractivity (Wildman–Crippen MR) is 597 cm³/mol. The Balaban J connectivity index is 0.000000140. The number of pyridine rings is 9. The van der Waals surface area contributed by atoms with E-state index in [1.54, 1.807) is 74.7 Å². The van der Waals surface area contributed by atoms with Crippen molar-refractivity contribution in [3.63, 3.8) is 0 Å². The first-order chi connectivity index (χ1) is 81.1. The van der Waals surface area contributed by atoms with Crippen molar-refractivity contribution < 1.29 is 112 Å². The molecule has 12 nitrogen and oxygen atoms in total. The summed E-state index contributed by atoms with van der Waals surface area (Å²) in [5, 5.41) is 6.05. The molecule has 775 valence electrons. The van der Waals surface area contributed by atoms with Gasteiger partial charge in [0.15, 0.2) is 0 Å². The Morgan fingerprint density at radius 2 is 0.685 bits per heavy atom. The van der Waals surface area contributed by atoms with Crippen molar-refractivity contribution in [2.45, 2.75) is 278 Å². The van der Waals surface area contributed by atoms with E-state index < -0.39 is 89.2 Å². The monoisotopic (exact) mass is 2530 g/mol. The van der Waals surface area contributed by atoms with Gasteiger partial charge in [-0.1, -0.05) is 206 Å². The van der Waals surface area contributed by atoms with Gasteiger partial charge in [0.1, 0.15) is 0 Å². The zero-order valence-electron chi connectivity index (χ0n) is 115. The van der Waals surface area contributed by atoms with Gasteiger partial charge in [-0.25, -0.2) is 15.0 Å². The SMILES string of the molecule is Cc1ccc2c(n1)oc1c(-c3cc(C45CC6CC(CC(C6)C4)C5)ccn3)[c-]ccc12.[2H]C([2H])([2H])c1c[c-]c(-c2cc(C([2H])([2H])C(C)(C)C)c(C([2H])([2H])[2H])cn2)cc1.[2H]C([2H])([2H])c1c[c-]c(-c2cc(C([2H])([2H])C(C)(C)C)c(C([2H])([2H])[2H])cn2)cc1.[2H]C([2H])([2H])c1c[c-]c(-c2cc(C([2H])([2H])C(C)(C)C)c(C([2H])([2H])[2H])cn2)cc1.[2H]C([2H])(c1ccnc(-c2[c-]ccc3c2oc2nc(C)ccc23)c1)C1(C)CCCCC1.[2H]C([2H])(c1ccnc(-c2[c-]ccc3c2oc2nc(C)ccc23)c1)C12CC3CC(CC(C3)C1)C2.[Ir].[Ir].[Ir]. The maximum absolute atomic E-state index is 9.37. The Morgan fingerprint density at radius 3 is 1.01 bits per heavy atom. The van der Waals surface area contributed by atoms with Gasteiger partial charge in [-0.2, -0.15) is 0 Å². The van der Waals surface area contributed by atoms with Crippen LogP contribution in [0.2, 0.25) is 0 Å². The van der Waals surface area contributed by atoms with E-state index in [0.29, 0.717) is 102 Å². The second kappa shape index (κ2) is 45.5. The summed E-state index contributed by atoms with van der Waals surface area (Å²) in [6.07, 6.45) is 21.1. The number of furan rings is 3. The molecule has 15 heteroatoms. The molecule has 3 radical (unpaired) electrons. The Hall–Kier alpha value is -11.0. The molecule has 12 heterocycles. The summed E-state index contributed by atoms with van der Waals surface area (Å²) < 4.78 is 243. The van der Waals surface area contributed by atoms with Gasteiger partial charge in [0.05, 0.1) is 16.7 Å². The molecule has 8 bridgehead atoms. The van der Waals surface area contributed by atoms with Gasteiger partial charge < -0.3 is 43.2 Å². The smallest absolute Gasteiger partial charge is 0.216 e. The molecule has 18 aromatic rings. The fourth-order valence-electron chi connectivity index (χ4n) is 23.8. The quantitative estimate of drug-likeness (QED) is 0.0951. The average Bonchev–Trinajstić information content (AvgIpc) is 1.16. The van der Waals surface area contributed by atoms with Gasteiger partial charge in [-0.3, -0.25) is 0 Å². The van der Waals surface area contributed by atoms with Crippen LogP contribution in [-0.2, 0) is 97.6 Å². The second-order valence-electron chi connectivity index (χ2n) is 45.0. The van der Waals surface area contributed by atoms with Crippen LogP contribution in [0.15, 0.2) is 232 Å². The normalized spacial score (nSPS) is 23.4. The number of nitrogens with zero attached hydrogens (tertiary/aromatic N) is 9. The maximum Gasteiger partial charge on any atom is 0.216 e. The van der Waals surface area contributed by atoms with Gasteiger partial charge in [-0.15, -0.1) is 161 Å². The summed E-state index contributed by atoms with van der Waals surface area (Å²) in [5.41, 5.74) is 14.5. The summed E-state index contributed by atoms with van der Waals surface area (Å²) >= 11 is 0. The molecule has 149 heavy (non-hydrogen) atoms. The molecular formula is C134H143Ir3N9O3-6. The number of hydrogen-bond acceptors (Lipinski definition) is 12. The van der Waals surface area contributed by atoms with E-state index in [1.807, 2.05) is 112 Å². The van der Waals surface area contributed by atoms with E-state index >= 15 is 0 Å². The van der Waals surface area contributed by atoms with Crippen molar-refractivity contribution in [2.75, 3.05) is 0 Å². The van der Waals surface area contributed by atoms with Crippen LogP contribution >= 0.6 is 0 Å². The van der Waals surface area contributed by atoms with Crippen LogP contribution in [0.5, 0.6) is 0 Å². The van der Waals surface area contributed by atoms with Gasteiger partial charge in [0, 0.05) is 169 Å². The number of rotatable bonds is 14. The second-order valence-corrected chi connectivity index (χ2v) is 45.0. The summed E-state index contributed by atoms with van der Waals surface area (Å²) in [4.78, 5) is 40.1. The molecule has 9 aliphatic rings. The molecule has 0 amide bonds. The maximum atomic E-state index is 9.37. The standard InChI is InChI=1S/C28H27N2O.C27H25N2O.C25H25N2O.3C18H22N.3Ir/c1-17-5-6-23-22-3-2-4-24(26(22)31-27(23)30-17)25-12-18(7-8-29-25)13-28-14-19-9-20(15-28)11-21(10-19)16-28;1-16-5-6-22-21-3-2-4-23(25(21)30-26(22)29-16)24-12-20(7-8-28-24)27-13-17-9-18(14-27)11-19(10-17)15-27;1-17-9-10-20-19-7-6-8-21(23(19)28-24(20)27-17)22-15-18(11-14-26-22)16-25(2)12-4-3-5-13-25;3*1-13-6-8-15(9-7-13)17-10-16(11-18(3,4)5)14(2)12-19-17;;;/h2-3,5-8,12,19-21H,9-11,13-16H2,1H3;2-3,5-8,12,17-19H,9-11,13-15H2,1H3;6-7,9-11,14-15H,3-5,12-13,16H2,1-2H3;3*6-8,10,12H,11H2,1-5H3;;;/q6*-1;;;/i13D2;;16D2;3*1D3,2D3,11D2;;;. The Bertz CT molecular complexity index is 8670. The molecule has 27 rings (SSSR count). The Kier molecular flexibility index (Phi) is 23.9. The molecular weight excluding hydrogens is 2360 g/mol. The summed E-state index contributed by atoms with van der Waals surface area (Å²) in [6, 6.07) is 71.9. The third kappa shape index (κ3) is 25.7. The van der Waals surface area contributed by atoms with E-state index in [9.17, 15) is 2.74 Å². The molecule has 9 fully saturated rings. The van der Waals surface area contributed by atoms with Gasteiger partial charge >= 0.3 is 0 Å². The van der Waals surface area contributed by atoms with E-state index in [0.717, 1.165) is 146 Å². The zero-order chi connectivity index (χ0) is 126. The van der Waals surface area contributed by atoms with Crippen LogP contribution in [0.3, 0.4) is 0 Å². The molecule has 0 atom stereocenters. The van der Waals surface area contributed by atoms with E-state index in [4.69, 9.17) is 53.9 Å². The van der Waals surface area contributed by atoms with Crippen LogP contribution in [0.25, 0.3) is 134 Å². The first kappa shape index (κ1) is 78.2. The first-order valence-electron chi connectivity index (χ1n) is 65.3. The van der Waals surface area contributed by atoms with Crippen LogP contribution < -0.4 is 0 Å². The summed E-state index contributed by atoms with van der Waals surface area (Å²) in [5.74, 6) is 4.94. The Morgan fingerprint density at radius 1 is 0.349 bits per heavy atom.